The van der Waals surface area contributed by atoms with Crippen molar-refractivity contribution in [3.8, 4) is 0 Å². The van der Waals surface area contributed by atoms with Gasteiger partial charge in [-0.1, -0.05) is 12.1 Å². The standard InChI is InChI=1S/C15H23FN2/c1-12(17)2-3-14-8-9-18(11-14)10-13-4-6-15(16)7-5-13/h4-7,12,14H,2-3,8-11,17H2,1H3. The third kappa shape index (κ3) is 4.07. The molecule has 1 aromatic carbocycles. The summed E-state index contributed by atoms with van der Waals surface area (Å²) in [5.41, 5.74) is 6.99. The molecule has 1 aliphatic heterocycles. The molecule has 0 aromatic heterocycles. The van der Waals surface area contributed by atoms with E-state index >= 15 is 0 Å². The van der Waals surface area contributed by atoms with Crippen molar-refractivity contribution < 1.29 is 4.39 Å². The molecule has 0 spiro atoms. The van der Waals surface area contributed by atoms with E-state index in [4.69, 9.17) is 5.73 Å². The van der Waals surface area contributed by atoms with Crippen molar-refractivity contribution in [3.05, 3.63) is 35.6 Å². The maximum atomic E-state index is 12.8. The van der Waals surface area contributed by atoms with E-state index < -0.39 is 0 Å². The second-order valence-electron chi connectivity index (χ2n) is 5.57. The Hall–Kier alpha value is -0.930. The van der Waals surface area contributed by atoms with Crippen LogP contribution in [0.25, 0.3) is 0 Å². The largest absolute Gasteiger partial charge is 0.328 e. The molecule has 3 heteroatoms. The zero-order chi connectivity index (χ0) is 13.0. The van der Waals surface area contributed by atoms with Gasteiger partial charge in [0.1, 0.15) is 5.82 Å². The molecule has 0 aliphatic carbocycles. The zero-order valence-corrected chi connectivity index (χ0v) is 11.1. The number of halogens is 1. The van der Waals surface area contributed by atoms with Crippen LogP contribution in [0.5, 0.6) is 0 Å². The smallest absolute Gasteiger partial charge is 0.123 e. The van der Waals surface area contributed by atoms with E-state index in [9.17, 15) is 4.39 Å². The summed E-state index contributed by atoms with van der Waals surface area (Å²) in [5.74, 6) is 0.631. The van der Waals surface area contributed by atoms with Gasteiger partial charge in [-0.05, 0) is 56.3 Å². The fraction of sp³-hybridized carbons (Fsp3) is 0.600. The minimum Gasteiger partial charge on any atom is -0.328 e. The summed E-state index contributed by atoms with van der Waals surface area (Å²) in [4.78, 5) is 2.46. The first-order valence-electron chi connectivity index (χ1n) is 6.86. The lowest BCUT2D eigenvalue weighted by atomic mass is 10.0. The Morgan fingerprint density at radius 1 is 1.39 bits per heavy atom. The van der Waals surface area contributed by atoms with Crippen LogP contribution in [0.4, 0.5) is 4.39 Å². The van der Waals surface area contributed by atoms with Gasteiger partial charge in [0.05, 0.1) is 0 Å². The van der Waals surface area contributed by atoms with E-state index in [2.05, 4.69) is 11.8 Å². The molecule has 1 fully saturated rings. The molecule has 2 rings (SSSR count). The van der Waals surface area contributed by atoms with Gasteiger partial charge >= 0.3 is 0 Å². The predicted molar refractivity (Wildman–Crippen MR) is 72.7 cm³/mol. The molecule has 1 heterocycles. The minimum absolute atomic E-state index is 0.157. The molecule has 0 bridgehead atoms. The lowest BCUT2D eigenvalue weighted by Crippen LogP contribution is -2.21. The topological polar surface area (TPSA) is 29.3 Å². The highest BCUT2D eigenvalue weighted by molar-refractivity contribution is 5.16. The molecule has 2 unspecified atom stereocenters. The molecular weight excluding hydrogens is 227 g/mol. The number of likely N-dealkylation sites (tertiary alicyclic amines) is 1. The highest BCUT2D eigenvalue weighted by Gasteiger charge is 2.22. The summed E-state index contributed by atoms with van der Waals surface area (Å²) in [6.45, 7) is 5.32. The predicted octanol–water partition coefficient (Wildman–Crippen LogP) is 2.78. The first kappa shape index (κ1) is 13.5. The Morgan fingerprint density at radius 3 is 2.78 bits per heavy atom. The van der Waals surface area contributed by atoms with Crippen molar-refractivity contribution in [1.29, 1.82) is 0 Å². The number of nitrogens with zero attached hydrogens (tertiary/aromatic N) is 1. The molecule has 0 amide bonds. The van der Waals surface area contributed by atoms with Gasteiger partial charge in [0.25, 0.3) is 0 Å². The SMILES string of the molecule is CC(N)CCC1CCN(Cc2ccc(F)cc2)C1. The molecule has 2 atom stereocenters. The number of nitrogens with two attached hydrogens (primary N) is 1. The van der Waals surface area contributed by atoms with Crippen LogP contribution in [0.3, 0.4) is 0 Å². The second kappa shape index (κ2) is 6.30. The van der Waals surface area contributed by atoms with Gasteiger partial charge in [0.2, 0.25) is 0 Å². The summed E-state index contributed by atoms with van der Waals surface area (Å²) in [5, 5.41) is 0. The zero-order valence-electron chi connectivity index (χ0n) is 11.1. The first-order chi connectivity index (χ1) is 8.63. The monoisotopic (exact) mass is 250 g/mol. The van der Waals surface area contributed by atoms with E-state index in [1.165, 1.54) is 18.4 Å². The Kier molecular flexibility index (Phi) is 4.72. The van der Waals surface area contributed by atoms with Gasteiger partial charge in [-0.2, -0.15) is 0 Å². The fourth-order valence-electron chi connectivity index (χ4n) is 2.64. The summed E-state index contributed by atoms with van der Waals surface area (Å²) in [6.07, 6.45) is 3.63. The van der Waals surface area contributed by atoms with Crippen LogP contribution < -0.4 is 5.73 Å². The third-order valence-corrected chi connectivity index (χ3v) is 3.72. The number of rotatable bonds is 5. The quantitative estimate of drug-likeness (QED) is 0.870. The molecule has 0 radical (unpaired) electrons. The van der Waals surface area contributed by atoms with Gasteiger partial charge in [-0.3, -0.25) is 4.90 Å². The van der Waals surface area contributed by atoms with Crippen LogP contribution in [0.2, 0.25) is 0 Å². The summed E-state index contributed by atoms with van der Waals surface area (Å²) in [6, 6.07) is 7.16. The Balaban J connectivity index is 1.77. The van der Waals surface area contributed by atoms with Crippen LogP contribution in [0, 0.1) is 11.7 Å². The summed E-state index contributed by atoms with van der Waals surface area (Å²) < 4.78 is 12.8. The van der Waals surface area contributed by atoms with E-state index in [1.807, 2.05) is 12.1 Å². The maximum Gasteiger partial charge on any atom is 0.123 e. The number of hydrogen-bond acceptors (Lipinski definition) is 2. The highest BCUT2D eigenvalue weighted by Crippen LogP contribution is 2.23. The van der Waals surface area contributed by atoms with Crippen molar-refractivity contribution >= 4 is 0 Å². The van der Waals surface area contributed by atoms with Gasteiger partial charge in [0.15, 0.2) is 0 Å². The Labute approximate surface area is 109 Å². The normalized spacial score (nSPS) is 22.3. The van der Waals surface area contributed by atoms with Crippen LogP contribution in [0.1, 0.15) is 31.7 Å². The Morgan fingerprint density at radius 2 is 2.11 bits per heavy atom. The van der Waals surface area contributed by atoms with Gasteiger partial charge < -0.3 is 5.73 Å². The molecular formula is C15H23FN2. The average molecular weight is 250 g/mol. The van der Waals surface area contributed by atoms with Crippen LogP contribution in [-0.2, 0) is 6.54 Å². The van der Waals surface area contributed by atoms with Crippen molar-refractivity contribution in [2.45, 2.75) is 38.8 Å². The van der Waals surface area contributed by atoms with E-state index in [0.29, 0.717) is 6.04 Å². The van der Waals surface area contributed by atoms with Crippen molar-refractivity contribution in [2.75, 3.05) is 13.1 Å². The van der Waals surface area contributed by atoms with Crippen molar-refractivity contribution in [2.24, 2.45) is 11.7 Å². The fourth-order valence-corrected chi connectivity index (χ4v) is 2.64. The average Bonchev–Trinajstić information content (AvgIpc) is 2.77. The van der Waals surface area contributed by atoms with Crippen molar-refractivity contribution in [3.63, 3.8) is 0 Å². The molecule has 1 aliphatic rings. The number of hydrogen-bond donors (Lipinski definition) is 1. The van der Waals surface area contributed by atoms with Crippen LogP contribution in [0.15, 0.2) is 24.3 Å². The first-order valence-corrected chi connectivity index (χ1v) is 6.86. The van der Waals surface area contributed by atoms with Crippen LogP contribution in [-0.4, -0.2) is 24.0 Å². The van der Waals surface area contributed by atoms with Crippen LogP contribution >= 0.6 is 0 Å². The van der Waals surface area contributed by atoms with E-state index in [-0.39, 0.29) is 5.82 Å². The van der Waals surface area contributed by atoms with Crippen molar-refractivity contribution in [1.82, 2.24) is 4.90 Å². The maximum absolute atomic E-state index is 12.8. The summed E-state index contributed by atoms with van der Waals surface area (Å²) >= 11 is 0. The lowest BCUT2D eigenvalue weighted by Gasteiger charge is -2.16. The number of benzene rings is 1. The third-order valence-electron chi connectivity index (χ3n) is 3.72. The van der Waals surface area contributed by atoms with Gasteiger partial charge in [-0.15, -0.1) is 0 Å². The second-order valence-corrected chi connectivity index (χ2v) is 5.57. The van der Waals surface area contributed by atoms with E-state index in [1.54, 1.807) is 12.1 Å². The van der Waals surface area contributed by atoms with E-state index in [0.717, 1.165) is 32.0 Å². The molecule has 0 saturated carbocycles. The molecule has 2 nitrogen and oxygen atoms in total. The minimum atomic E-state index is -0.157. The van der Waals surface area contributed by atoms with Gasteiger partial charge in [0, 0.05) is 19.1 Å². The lowest BCUT2D eigenvalue weighted by molar-refractivity contribution is 0.310. The highest BCUT2D eigenvalue weighted by atomic mass is 19.1. The molecule has 18 heavy (non-hydrogen) atoms. The molecule has 2 N–H and O–H groups in total. The molecule has 1 aromatic rings. The van der Waals surface area contributed by atoms with Gasteiger partial charge in [-0.25, -0.2) is 4.39 Å². The molecule has 100 valence electrons. The summed E-state index contributed by atoms with van der Waals surface area (Å²) in [7, 11) is 0. The molecule has 1 saturated heterocycles. The Bertz CT molecular complexity index is 361.